The molecule has 8 heteroatoms. The molecule has 2 aromatic rings. The standard InChI is InChI=1S/C27H29ClN4O3/c28-21-5-3-17(4-6-21)15-32(27-11-18-8-19(12-27)10-20(9-18)13-27)24(33)16-31-25(34)22(14-29)23-2-1-7-30(23)26(31)35/h3-6,18-20H,1-2,7-13,15-16H2. The van der Waals surface area contributed by atoms with Gasteiger partial charge < -0.3 is 4.90 Å². The van der Waals surface area contributed by atoms with Crippen molar-refractivity contribution >= 4 is 17.5 Å². The van der Waals surface area contributed by atoms with E-state index in [2.05, 4.69) is 0 Å². The lowest BCUT2D eigenvalue weighted by Crippen LogP contribution is -2.62. The SMILES string of the molecule is N#Cc1c2n(c(=O)n(CC(=O)N(Cc3ccc(Cl)cc3)C34CC5CC(CC(C5)C3)C4)c1=O)CCC2. The Kier molecular flexibility index (Phi) is 5.41. The Hall–Kier alpha value is -2.85. The Labute approximate surface area is 208 Å². The number of aromatic nitrogens is 2. The van der Waals surface area contributed by atoms with Gasteiger partial charge in [-0.05, 0) is 86.8 Å². The van der Waals surface area contributed by atoms with Crippen molar-refractivity contribution in [3.05, 3.63) is 66.9 Å². The molecule has 1 amide bonds. The van der Waals surface area contributed by atoms with Crippen LogP contribution in [0.2, 0.25) is 5.02 Å². The van der Waals surface area contributed by atoms with E-state index in [1.807, 2.05) is 35.2 Å². The molecule has 1 aromatic heterocycles. The fourth-order valence-electron chi connectivity index (χ4n) is 7.80. The molecular weight excluding hydrogens is 464 g/mol. The van der Waals surface area contributed by atoms with Crippen LogP contribution in [0.15, 0.2) is 33.9 Å². The molecule has 0 radical (unpaired) electrons. The summed E-state index contributed by atoms with van der Waals surface area (Å²) in [6, 6.07) is 9.52. The third kappa shape index (κ3) is 3.74. The van der Waals surface area contributed by atoms with Crippen LogP contribution in [-0.2, 0) is 30.8 Å². The second-order valence-corrected chi connectivity index (χ2v) is 11.5. The maximum absolute atomic E-state index is 14.0. The molecule has 0 unspecified atom stereocenters. The molecule has 4 fully saturated rings. The zero-order chi connectivity index (χ0) is 24.3. The molecule has 0 spiro atoms. The van der Waals surface area contributed by atoms with Crippen molar-refractivity contribution in [2.45, 2.75) is 76.5 Å². The second-order valence-electron chi connectivity index (χ2n) is 11.1. The van der Waals surface area contributed by atoms with E-state index in [0.717, 1.165) is 35.8 Å². The van der Waals surface area contributed by atoms with Crippen LogP contribution in [0.1, 0.15) is 61.8 Å². The van der Waals surface area contributed by atoms with Crippen LogP contribution in [0.3, 0.4) is 0 Å². The van der Waals surface area contributed by atoms with Crippen LogP contribution in [0.25, 0.3) is 0 Å². The molecule has 35 heavy (non-hydrogen) atoms. The van der Waals surface area contributed by atoms with Gasteiger partial charge in [-0.3, -0.25) is 14.2 Å². The van der Waals surface area contributed by atoms with Gasteiger partial charge in [0.15, 0.2) is 0 Å². The summed E-state index contributed by atoms with van der Waals surface area (Å²) < 4.78 is 2.49. The molecule has 5 aliphatic rings. The third-order valence-electron chi connectivity index (χ3n) is 8.87. The van der Waals surface area contributed by atoms with Crippen LogP contribution in [0.4, 0.5) is 0 Å². The minimum absolute atomic E-state index is 0.00560. The average Bonchev–Trinajstić information content (AvgIpc) is 3.30. The summed E-state index contributed by atoms with van der Waals surface area (Å²) in [6.45, 7) is 0.567. The van der Waals surface area contributed by atoms with E-state index >= 15 is 0 Å². The molecule has 4 aliphatic carbocycles. The smallest absolute Gasteiger partial charge is 0.331 e. The number of carbonyl (C=O) groups is 1. The topological polar surface area (TPSA) is 88.1 Å². The summed E-state index contributed by atoms with van der Waals surface area (Å²) in [5, 5.41) is 10.3. The van der Waals surface area contributed by atoms with Crippen molar-refractivity contribution in [3.63, 3.8) is 0 Å². The Bertz CT molecular complexity index is 1320. The van der Waals surface area contributed by atoms with Crippen molar-refractivity contribution in [2.75, 3.05) is 0 Å². The molecule has 4 saturated carbocycles. The quantitative estimate of drug-likeness (QED) is 0.639. The number of nitrogens with zero attached hydrogens (tertiary/aromatic N) is 4. The predicted octanol–water partition coefficient (Wildman–Crippen LogP) is 3.48. The van der Waals surface area contributed by atoms with Gasteiger partial charge in [-0.1, -0.05) is 23.7 Å². The molecule has 1 aromatic carbocycles. The highest BCUT2D eigenvalue weighted by molar-refractivity contribution is 6.30. The van der Waals surface area contributed by atoms with Gasteiger partial charge in [0.05, 0.1) is 0 Å². The summed E-state index contributed by atoms with van der Waals surface area (Å²) in [7, 11) is 0. The number of hydrogen-bond acceptors (Lipinski definition) is 4. The number of rotatable bonds is 5. The first-order valence-corrected chi connectivity index (χ1v) is 13.1. The van der Waals surface area contributed by atoms with Gasteiger partial charge >= 0.3 is 5.69 Å². The zero-order valence-electron chi connectivity index (χ0n) is 19.7. The molecule has 182 valence electrons. The van der Waals surface area contributed by atoms with Gasteiger partial charge in [0.25, 0.3) is 5.56 Å². The van der Waals surface area contributed by atoms with Gasteiger partial charge in [0.1, 0.15) is 18.2 Å². The van der Waals surface area contributed by atoms with Crippen molar-refractivity contribution in [3.8, 4) is 6.07 Å². The van der Waals surface area contributed by atoms with Gasteiger partial charge in [0.2, 0.25) is 5.91 Å². The predicted molar refractivity (Wildman–Crippen MR) is 131 cm³/mol. The Balaban J connectivity index is 1.39. The largest absolute Gasteiger partial charge is 0.331 e. The third-order valence-corrected chi connectivity index (χ3v) is 9.12. The molecular formula is C27H29ClN4O3. The first kappa shape index (κ1) is 22.6. The van der Waals surface area contributed by atoms with Gasteiger partial charge in [-0.15, -0.1) is 0 Å². The van der Waals surface area contributed by atoms with E-state index in [9.17, 15) is 19.6 Å². The molecule has 4 bridgehead atoms. The van der Waals surface area contributed by atoms with Crippen molar-refractivity contribution in [1.82, 2.24) is 14.0 Å². The fraction of sp³-hybridized carbons (Fsp3) is 0.556. The second kappa shape index (κ2) is 8.37. The summed E-state index contributed by atoms with van der Waals surface area (Å²) in [4.78, 5) is 42.3. The van der Waals surface area contributed by atoms with E-state index < -0.39 is 11.2 Å². The van der Waals surface area contributed by atoms with E-state index in [-0.39, 0.29) is 23.6 Å². The summed E-state index contributed by atoms with van der Waals surface area (Å²) in [6.07, 6.45) is 7.97. The summed E-state index contributed by atoms with van der Waals surface area (Å²) in [5.41, 5.74) is 0.122. The lowest BCUT2D eigenvalue weighted by molar-refractivity contribution is -0.153. The summed E-state index contributed by atoms with van der Waals surface area (Å²) in [5.74, 6) is 1.70. The molecule has 7 nitrogen and oxygen atoms in total. The van der Waals surface area contributed by atoms with Gasteiger partial charge in [-0.25, -0.2) is 9.36 Å². The van der Waals surface area contributed by atoms with Crippen LogP contribution >= 0.6 is 11.6 Å². The van der Waals surface area contributed by atoms with Crippen molar-refractivity contribution in [1.29, 1.82) is 5.26 Å². The van der Waals surface area contributed by atoms with Gasteiger partial charge in [0, 0.05) is 29.3 Å². The maximum atomic E-state index is 14.0. The fourth-order valence-corrected chi connectivity index (χ4v) is 7.92. The highest BCUT2D eigenvalue weighted by atomic mass is 35.5. The van der Waals surface area contributed by atoms with E-state index in [4.69, 9.17) is 11.6 Å². The number of nitriles is 1. The molecule has 0 saturated heterocycles. The van der Waals surface area contributed by atoms with Crippen LogP contribution in [0.5, 0.6) is 0 Å². The maximum Gasteiger partial charge on any atom is 0.331 e. The monoisotopic (exact) mass is 492 g/mol. The lowest BCUT2D eigenvalue weighted by atomic mass is 9.52. The number of halogens is 1. The van der Waals surface area contributed by atoms with Crippen LogP contribution in [-0.4, -0.2) is 25.5 Å². The van der Waals surface area contributed by atoms with Crippen molar-refractivity contribution < 1.29 is 4.79 Å². The molecule has 0 N–H and O–H groups in total. The Morgan fingerprint density at radius 3 is 2.31 bits per heavy atom. The highest BCUT2D eigenvalue weighted by Crippen LogP contribution is 2.58. The van der Waals surface area contributed by atoms with Crippen molar-refractivity contribution in [2.24, 2.45) is 17.8 Å². The highest BCUT2D eigenvalue weighted by Gasteiger charge is 2.54. The van der Waals surface area contributed by atoms with Crippen LogP contribution in [0, 0.1) is 29.1 Å². The molecule has 1 aliphatic heterocycles. The number of amides is 1. The average molecular weight is 493 g/mol. The zero-order valence-corrected chi connectivity index (χ0v) is 20.5. The normalized spacial score (nSPS) is 28.1. The number of carbonyl (C=O) groups excluding carboxylic acids is 1. The lowest BCUT2D eigenvalue weighted by Gasteiger charge is -2.60. The minimum Gasteiger partial charge on any atom is -0.331 e. The first-order valence-electron chi connectivity index (χ1n) is 12.7. The Morgan fingerprint density at radius 1 is 1.09 bits per heavy atom. The van der Waals surface area contributed by atoms with Gasteiger partial charge in [-0.2, -0.15) is 5.26 Å². The van der Waals surface area contributed by atoms with E-state index in [0.29, 0.717) is 48.0 Å². The molecule has 2 heterocycles. The van der Waals surface area contributed by atoms with E-state index in [1.54, 1.807) is 0 Å². The van der Waals surface area contributed by atoms with Crippen LogP contribution < -0.4 is 11.2 Å². The molecule has 7 rings (SSSR count). The summed E-state index contributed by atoms with van der Waals surface area (Å²) >= 11 is 6.10. The first-order chi connectivity index (χ1) is 16.9. The number of benzene rings is 1. The minimum atomic E-state index is -0.643. The number of hydrogen-bond donors (Lipinski definition) is 0. The Morgan fingerprint density at radius 2 is 1.71 bits per heavy atom. The molecule has 0 atom stereocenters. The van der Waals surface area contributed by atoms with E-state index in [1.165, 1.54) is 23.8 Å². The number of fused-ring (bicyclic) bond motifs is 1.